The Morgan fingerprint density at radius 3 is 2.85 bits per heavy atom. The molecule has 2 aromatic carbocycles. The SMILES string of the molecule is CCOc1cc(/C=N\n2c(Cc3ccccc3)n[nH]c2=S)cc(Br)c1O. The number of benzene rings is 2. The van der Waals surface area contributed by atoms with Crippen molar-refractivity contribution in [3.8, 4) is 11.5 Å². The van der Waals surface area contributed by atoms with E-state index in [4.69, 9.17) is 17.0 Å². The van der Waals surface area contributed by atoms with E-state index in [0.717, 1.165) is 11.1 Å². The largest absolute Gasteiger partial charge is 0.503 e. The Hall–Kier alpha value is -2.45. The normalized spacial score (nSPS) is 11.2. The monoisotopic (exact) mass is 432 g/mol. The second-order valence-electron chi connectivity index (χ2n) is 5.45. The second kappa shape index (κ2) is 8.29. The summed E-state index contributed by atoms with van der Waals surface area (Å²) in [6, 6.07) is 13.4. The summed E-state index contributed by atoms with van der Waals surface area (Å²) in [6.07, 6.45) is 2.25. The lowest BCUT2D eigenvalue weighted by atomic mass is 10.1. The molecule has 0 aliphatic heterocycles. The van der Waals surface area contributed by atoms with Crippen molar-refractivity contribution in [3.63, 3.8) is 0 Å². The number of hydrogen-bond donors (Lipinski definition) is 2. The lowest BCUT2D eigenvalue weighted by Crippen LogP contribution is -2.00. The van der Waals surface area contributed by atoms with Crippen molar-refractivity contribution in [2.24, 2.45) is 5.10 Å². The van der Waals surface area contributed by atoms with Gasteiger partial charge in [0.15, 0.2) is 17.3 Å². The minimum Gasteiger partial charge on any atom is -0.503 e. The van der Waals surface area contributed by atoms with Crippen LogP contribution in [0.3, 0.4) is 0 Å². The Balaban J connectivity index is 1.90. The maximum Gasteiger partial charge on any atom is 0.216 e. The number of aromatic amines is 1. The first-order valence-corrected chi connectivity index (χ1v) is 9.18. The van der Waals surface area contributed by atoms with Crippen molar-refractivity contribution in [2.45, 2.75) is 13.3 Å². The van der Waals surface area contributed by atoms with Crippen molar-refractivity contribution >= 4 is 34.4 Å². The second-order valence-corrected chi connectivity index (χ2v) is 6.69. The van der Waals surface area contributed by atoms with Gasteiger partial charge in [0.25, 0.3) is 0 Å². The number of aromatic hydroxyl groups is 1. The highest BCUT2D eigenvalue weighted by Crippen LogP contribution is 2.35. The molecule has 1 aromatic heterocycles. The first-order valence-electron chi connectivity index (χ1n) is 7.98. The molecular weight excluding hydrogens is 416 g/mol. The van der Waals surface area contributed by atoms with E-state index in [1.165, 1.54) is 0 Å². The van der Waals surface area contributed by atoms with Crippen molar-refractivity contribution < 1.29 is 9.84 Å². The van der Waals surface area contributed by atoms with Crippen LogP contribution in [-0.2, 0) is 6.42 Å². The number of aromatic nitrogens is 3. The standard InChI is InChI=1S/C18H17BrN4O2S/c1-2-25-15-9-13(8-14(19)17(15)24)11-20-23-16(21-22-18(23)26)10-12-6-4-3-5-7-12/h3-9,11,24H,2,10H2,1H3,(H,22,26)/b20-11-. The van der Waals surface area contributed by atoms with Crippen LogP contribution in [0.5, 0.6) is 11.5 Å². The molecule has 0 unspecified atom stereocenters. The fourth-order valence-electron chi connectivity index (χ4n) is 2.39. The molecule has 6 nitrogen and oxygen atoms in total. The van der Waals surface area contributed by atoms with Gasteiger partial charge in [0.2, 0.25) is 4.77 Å². The fraction of sp³-hybridized carbons (Fsp3) is 0.167. The molecule has 8 heteroatoms. The van der Waals surface area contributed by atoms with E-state index in [0.29, 0.717) is 33.8 Å². The highest BCUT2D eigenvalue weighted by atomic mass is 79.9. The van der Waals surface area contributed by atoms with E-state index < -0.39 is 0 Å². The first-order chi connectivity index (χ1) is 12.6. The third-order valence-electron chi connectivity index (χ3n) is 3.60. The van der Waals surface area contributed by atoms with Crippen LogP contribution in [0.25, 0.3) is 0 Å². The van der Waals surface area contributed by atoms with Gasteiger partial charge < -0.3 is 9.84 Å². The molecule has 0 amide bonds. The summed E-state index contributed by atoms with van der Waals surface area (Å²) in [5.74, 6) is 1.16. The first kappa shape index (κ1) is 18.3. The average molecular weight is 433 g/mol. The van der Waals surface area contributed by atoms with Gasteiger partial charge in [-0.05, 0) is 58.3 Å². The van der Waals surface area contributed by atoms with Crippen LogP contribution in [0.15, 0.2) is 52.0 Å². The summed E-state index contributed by atoms with van der Waals surface area (Å²) < 4.78 is 7.97. The summed E-state index contributed by atoms with van der Waals surface area (Å²) in [7, 11) is 0. The molecule has 0 aliphatic carbocycles. The smallest absolute Gasteiger partial charge is 0.216 e. The molecule has 0 spiro atoms. The number of nitrogens with one attached hydrogen (secondary N) is 1. The molecule has 0 aliphatic rings. The summed E-state index contributed by atoms with van der Waals surface area (Å²) in [5.41, 5.74) is 1.87. The number of rotatable bonds is 6. The van der Waals surface area contributed by atoms with E-state index in [1.807, 2.05) is 37.3 Å². The molecular formula is C18H17BrN4O2S. The zero-order chi connectivity index (χ0) is 18.5. The maximum absolute atomic E-state index is 10.0. The Bertz CT molecular complexity index is 983. The Morgan fingerprint density at radius 2 is 2.12 bits per heavy atom. The number of halogens is 1. The Kier molecular flexibility index (Phi) is 5.85. The zero-order valence-corrected chi connectivity index (χ0v) is 16.4. The minimum absolute atomic E-state index is 0.0636. The third-order valence-corrected chi connectivity index (χ3v) is 4.46. The Labute approximate surface area is 164 Å². The van der Waals surface area contributed by atoms with E-state index >= 15 is 0 Å². The van der Waals surface area contributed by atoms with Crippen molar-refractivity contribution in [1.82, 2.24) is 14.9 Å². The van der Waals surface area contributed by atoms with Crippen LogP contribution in [0.4, 0.5) is 0 Å². The third kappa shape index (κ3) is 4.20. The van der Waals surface area contributed by atoms with Gasteiger partial charge in [0.1, 0.15) is 0 Å². The highest BCUT2D eigenvalue weighted by molar-refractivity contribution is 9.10. The molecule has 0 atom stereocenters. The molecule has 2 N–H and O–H groups in total. The number of phenols is 1. The highest BCUT2D eigenvalue weighted by Gasteiger charge is 2.09. The summed E-state index contributed by atoms with van der Waals surface area (Å²) >= 11 is 8.60. The topological polar surface area (TPSA) is 75.4 Å². The number of hydrogen-bond acceptors (Lipinski definition) is 5. The molecule has 0 radical (unpaired) electrons. The van der Waals surface area contributed by atoms with Gasteiger partial charge >= 0.3 is 0 Å². The molecule has 3 aromatic rings. The number of H-pyrrole nitrogens is 1. The van der Waals surface area contributed by atoms with Crippen molar-refractivity contribution in [1.29, 1.82) is 0 Å². The minimum atomic E-state index is 0.0636. The molecule has 1 heterocycles. The molecule has 0 saturated heterocycles. The van der Waals surface area contributed by atoms with Gasteiger partial charge in [-0.3, -0.25) is 5.10 Å². The van der Waals surface area contributed by atoms with Crippen molar-refractivity contribution in [3.05, 3.63) is 68.7 Å². The summed E-state index contributed by atoms with van der Waals surface area (Å²) in [4.78, 5) is 0. The molecule has 134 valence electrons. The lowest BCUT2D eigenvalue weighted by molar-refractivity contribution is 0.317. The van der Waals surface area contributed by atoms with Gasteiger partial charge in [-0.25, -0.2) is 0 Å². The van der Waals surface area contributed by atoms with Crippen molar-refractivity contribution in [2.75, 3.05) is 6.61 Å². The predicted molar refractivity (Wildman–Crippen MR) is 107 cm³/mol. The molecule has 26 heavy (non-hydrogen) atoms. The predicted octanol–water partition coefficient (Wildman–Crippen LogP) is 4.28. The van der Waals surface area contributed by atoms with E-state index in [-0.39, 0.29) is 5.75 Å². The molecule has 0 fully saturated rings. The Morgan fingerprint density at radius 1 is 1.35 bits per heavy atom. The summed E-state index contributed by atoms with van der Waals surface area (Å²) in [6.45, 7) is 2.31. The molecule has 0 bridgehead atoms. The molecule has 3 rings (SSSR count). The average Bonchev–Trinajstić information content (AvgIpc) is 2.98. The number of ether oxygens (including phenoxy) is 1. The van der Waals surface area contributed by atoms with Gasteiger partial charge in [-0.2, -0.15) is 14.9 Å². The van der Waals surface area contributed by atoms with E-state index in [9.17, 15) is 5.11 Å². The molecule has 0 saturated carbocycles. The van der Waals surface area contributed by atoms with Gasteiger partial charge in [-0.1, -0.05) is 30.3 Å². The lowest BCUT2D eigenvalue weighted by Gasteiger charge is -2.08. The van der Waals surface area contributed by atoms with Crippen LogP contribution in [0.2, 0.25) is 0 Å². The van der Waals surface area contributed by atoms with Crippen LogP contribution < -0.4 is 4.74 Å². The fourth-order valence-corrected chi connectivity index (χ4v) is 3.05. The van der Waals surface area contributed by atoms with Gasteiger partial charge in [-0.15, -0.1) is 0 Å². The maximum atomic E-state index is 10.0. The van der Waals surface area contributed by atoms with Crippen LogP contribution >= 0.6 is 28.1 Å². The van der Waals surface area contributed by atoms with E-state index in [2.05, 4.69) is 31.2 Å². The quantitative estimate of drug-likeness (QED) is 0.450. The van der Waals surface area contributed by atoms with Gasteiger partial charge in [0.05, 0.1) is 17.3 Å². The van der Waals surface area contributed by atoms with Crippen LogP contribution in [-0.4, -0.2) is 32.8 Å². The van der Waals surface area contributed by atoms with E-state index in [1.54, 1.807) is 23.0 Å². The number of nitrogens with zero attached hydrogens (tertiary/aromatic N) is 3. The zero-order valence-electron chi connectivity index (χ0n) is 14.0. The number of phenolic OH excluding ortho intramolecular Hbond substituents is 1. The van der Waals surface area contributed by atoms with Crippen LogP contribution in [0, 0.1) is 4.77 Å². The van der Waals surface area contributed by atoms with Crippen LogP contribution in [0.1, 0.15) is 23.9 Å². The van der Waals surface area contributed by atoms with Gasteiger partial charge in [0, 0.05) is 6.42 Å². The summed E-state index contributed by atoms with van der Waals surface area (Å²) in [5, 5.41) is 21.5.